The number of nitrogens with one attached hydrogen (secondary N) is 1. The summed E-state index contributed by atoms with van der Waals surface area (Å²) < 4.78 is 7.14. The normalized spacial score (nSPS) is 19.5. The van der Waals surface area contributed by atoms with Gasteiger partial charge in [0.05, 0.1) is 17.9 Å². The van der Waals surface area contributed by atoms with E-state index in [2.05, 4.69) is 10.4 Å². The maximum absolute atomic E-state index is 5.73. The number of aromatic nitrogens is 2. The van der Waals surface area contributed by atoms with Gasteiger partial charge in [-0.1, -0.05) is 12.2 Å². The predicted molar refractivity (Wildman–Crippen MR) is 71.2 cm³/mol. The second kappa shape index (κ2) is 5.01. The second-order valence-electron chi connectivity index (χ2n) is 4.41. The van der Waals surface area contributed by atoms with Crippen molar-refractivity contribution in [3.63, 3.8) is 0 Å². The first-order valence-electron chi connectivity index (χ1n) is 5.74. The van der Waals surface area contributed by atoms with Gasteiger partial charge in [0, 0.05) is 26.1 Å². The third-order valence-corrected chi connectivity index (χ3v) is 3.25. The zero-order valence-corrected chi connectivity index (χ0v) is 11.0. The van der Waals surface area contributed by atoms with Crippen LogP contribution in [-0.4, -0.2) is 34.5 Å². The van der Waals surface area contributed by atoms with Gasteiger partial charge in [0.25, 0.3) is 0 Å². The average Bonchev–Trinajstić information content (AvgIpc) is 2.83. The molecule has 1 unspecified atom stereocenters. The van der Waals surface area contributed by atoms with Crippen LogP contribution in [0.4, 0.5) is 5.82 Å². The Kier molecular flexibility index (Phi) is 3.63. The molecule has 0 amide bonds. The Labute approximate surface area is 106 Å². The van der Waals surface area contributed by atoms with Gasteiger partial charge < -0.3 is 15.8 Å². The van der Waals surface area contributed by atoms with E-state index in [1.807, 2.05) is 14.0 Å². The van der Waals surface area contributed by atoms with Crippen molar-refractivity contribution in [1.82, 2.24) is 9.78 Å². The van der Waals surface area contributed by atoms with Crippen molar-refractivity contribution < 1.29 is 4.74 Å². The minimum absolute atomic E-state index is 0.390. The maximum atomic E-state index is 5.73. The van der Waals surface area contributed by atoms with E-state index in [4.69, 9.17) is 22.7 Å². The van der Waals surface area contributed by atoms with Crippen molar-refractivity contribution in [2.45, 2.75) is 13.3 Å². The Morgan fingerprint density at radius 1 is 1.71 bits per heavy atom. The van der Waals surface area contributed by atoms with Crippen LogP contribution in [0.3, 0.4) is 0 Å². The maximum Gasteiger partial charge on any atom is 0.134 e. The minimum atomic E-state index is 0.390. The van der Waals surface area contributed by atoms with Crippen LogP contribution in [0.2, 0.25) is 0 Å². The molecule has 0 bridgehead atoms. The third-order valence-electron chi connectivity index (χ3n) is 3.05. The molecule has 1 saturated heterocycles. The topological polar surface area (TPSA) is 65.1 Å². The van der Waals surface area contributed by atoms with Gasteiger partial charge in [-0.3, -0.25) is 4.68 Å². The second-order valence-corrected chi connectivity index (χ2v) is 4.85. The molecular formula is C11H18N4OS. The van der Waals surface area contributed by atoms with Crippen molar-refractivity contribution in [2.24, 2.45) is 18.7 Å². The summed E-state index contributed by atoms with van der Waals surface area (Å²) in [6.07, 6.45) is 1.10. The van der Waals surface area contributed by atoms with E-state index in [1.54, 1.807) is 4.68 Å². The molecule has 0 aliphatic carbocycles. The first-order chi connectivity index (χ1) is 8.09. The first-order valence-corrected chi connectivity index (χ1v) is 6.15. The Hall–Kier alpha value is -1.14. The number of hydrogen-bond acceptors (Lipinski definition) is 4. The van der Waals surface area contributed by atoms with Gasteiger partial charge in [-0.05, 0) is 13.3 Å². The van der Waals surface area contributed by atoms with Gasteiger partial charge in [0.2, 0.25) is 0 Å². The van der Waals surface area contributed by atoms with E-state index in [0.29, 0.717) is 10.9 Å². The van der Waals surface area contributed by atoms with E-state index < -0.39 is 0 Å². The molecule has 0 radical (unpaired) electrons. The molecule has 1 aliphatic rings. The lowest BCUT2D eigenvalue weighted by Gasteiger charge is -2.12. The van der Waals surface area contributed by atoms with Crippen LogP contribution in [0.25, 0.3) is 0 Å². The van der Waals surface area contributed by atoms with Crippen molar-refractivity contribution >= 4 is 23.0 Å². The lowest BCUT2D eigenvalue weighted by Crippen LogP contribution is -2.19. The van der Waals surface area contributed by atoms with Gasteiger partial charge >= 0.3 is 0 Å². The Morgan fingerprint density at radius 3 is 3.06 bits per heavy atom. The summed E-state index contributed by atoms with van der Waals surface area (Å²) in [7, 11) is 1.89. The van der Waals surface area contributed by atoms with E-state index in [-0.39, 0.29) is 0 Å². The molecule has 1 aromatic heterocycles. The van der Waals surface area contributed by atoms with Crippen LogP contribution in [0.1, 0.15) is 17.7 Å². The summed E-state index contributed by atoms with van der Waals surface area (Å²) in [5.74, 6) is 1.46. The molecule has 1 aromatic rings. The zero-order valence-electron chi connectivity index (χ0n) is 10.2. The Bertz CT molecular complexity index is 423. The Morgan fingerprint density at radius 2 is 2.47 bits per heavy atom. The summed E-state index contributed by atoms with van der Waals surface area (Å²) in [6, 6.07) is 0. The number of nitrogens with two attached hydrogens (primary N) is 1. The molecular weight excluding hydrogens is 236 g/mol. The van der Waals surface area contributed by atoms with Crippen molar-refractivity contribution in [3.05, 3.63) is 11.3 Å². The molecule has 5 nitrogen and oxygen atoms in total. The van der Waals surface area contributed by atoms with Gasteiger partial charge in [-0.15, -0.1) is 0 Å². The van der Waals surface area contributed by atoms with Crippen molar-refractivity contribution in [2.75, 3.05) is 25.1 Å². The summed E-state index contributed by atoms with van der Waals surface area (Å²) in [4.78, 5) is 0.390. The van der Waals surface area contributed by atoms with Crippen LogP contribution in [0.5, 0.6) is 0 Å². The fourth-order valence-electron chi connectivity index (χ4n) is 2.14. The number of ether oxygens (including phenoxy) is 1. The molecule has 6 heteroatoms. The van der Waals surface area contributed by atoms with E-state index in [9.17, 15) is 0 Å². The largest absolute Gasteiger partial charge is 0.389 e. The summed E-state index contributed by atoms with van der Waals surface area (Å²) in [5.41, 5.74) is 7.44. The van der Waals surface area contributed by atoms with E-state index in [0.717, 1.165) is 43.3 Å². The van der Waals surface area contributed by atoms with Gasteiger partial charge in [0.1, 0.15) is 10.8 Å². The molecule has 1 fully saturated rings. The highest BCUT2D eigenvalue weighted by molar-refractivity contribution is 7.80. The summed E-state index contributed by atoms with van der Waals surface area (Å²) in [6.45, 7) is 4.47. The van der Waals surface area contributed by atoms with Crippen molar-refractivity contribution in [3.8, 4) is 0 Å². The van der Waals surface area contributed by atoms with Gasteiger partial charge in [0.15, 0.2) is 0 Å². The molecule has 0 spiro atoms. The monoisotopic (exact) mass is 254 g/mol. The van der Waals surface area contributed by atoms with Gasteiger partial charge in [-0.2, -0.15) is 5.10 Å². The number of anilines is 1. The first kappa shape index (κ1) is 12.3. The smallest absolute Gasteiger partial charge is 0.134 e. The van der Waals surface area contributed by atoms with Crippen LogP contribution in [0, 0.1) is 12.8 Å². The SMILES string of the molecule is Cc1nn(C)c(NCC2CCOC2)c1C(N)=S. The van der Waals surface area contributed by atoms with Crippen LogP contribution >= 0.6 is 12.2 Å². The molecule has 2 heterocycles. The fraction of sp³-hybridized carbons (Fsp3) is 0.636. The quantitative estimate of drug-likeness (QED) is 0.779. The molecule has 94 valence electrons. The average molecular weight is 254 g/mol. The lowest BCUT2D eigenvalue weighted by molar-refractivity contribution is 0.187. The summed E-state index contributed by atoms with van der Waals surface area (Å²) >= 11 is 5.06. The molecule has 0 saturated carbocycles. The lowest BCUT2D eigenvalue weighted by atomic mass is 10.1. The number of thiocarbonyl (C=S) groups is 1. The van der Waals surface area contributed by atoms with E-state index in [1.165, 1.54) is 0 Å². The van der Waals surface area contributed by atoms with Crippen LogP contribution in [-0.2, 0) is 11.8 Å². The number of rotatable bonds is 4. The predicted octanol–water partition coefficient (Wildman–Crippen LogP) is 0.811. The minimum Gasteiger partial charge on any atom is -0.389 e. The molecule has 17 heavy (non-hydrogen) atoms. The zero-order chi connectivity index (χ0) is 12.4. The number of aryl methyl sites for hydroxylation is 2. The third kappa shape index (κ3) is 2.58. The van der Waals surface area contributed by atoms with Crippen LogP contribution < -0.4 is 11.1 Å². The highest BCUT2D eigenvalue weighted by Crippen LogP contribution is 2.20. The number of nitrogens with zero attached hydrogens (tertiary/aromatic N) is 2. The fourth-order valence-corrected chi connectivity index (χ4v) is 2.39. The molecule has 1 aliphatic heterocycles. The molecule has 1 atom stereocenters. The van der Waals surface area contributed by atoms with Gasteiger partial charge in [-0.25, -0.2) is 0 Å². The molecule has 2 rings (SSSR count). The van der Waals surface area contributed by atoms with E-state index >= 15 is 0 Å². The Balaban J connectivity index is 2.11. The van der Waals surface area contributed by atoms with Crippen molar-refractivity contribution in [1.29, 1.82) is 0 Å². The molecule has 3 N–H and O–H groups in total. The highest BCUT2D eigenvalue weighted by atomic mass is 32.1. The molecule has 0 aromatic carbocycles. The summed E-state index contributed by atoms with van der Waals surface area (Å²) in [5, 5.41) is 7.71. The number of hydrogen-bond donors (Lipinski definition) is 2. The standard InChI is InChI=1S/C11H18N4OS/c1-7-9(10(12)17)11(15(2)14-7)13-5-8-3-4-16-6-8/h8,13H,3-6H2,1-2H3,(H2,12,17). The highest BCUT2D eigenvalue weighted by Gasteiger charge is 2.19. The van der Waals surface area contributed by atoms with Crippen LogP contribution in [0.15, 0.2) is 0 Å².